The molecule has 1 rings (SSSR count). The largest absolute Gasteiger partial charge is 0.422 e. The summed E-state index contributed by atoms with van der Waals surface area (Å²) in [5.41, 5.74) is -1.88. The Morgan fingerprint density at radius 1 is 1.00 bits per heavy atom. The smallest absolute Gasteiger partial charge is 0.206 e. The van der Waals surface area contributed by atoms with Crippen molar-refractivity contribution in [2.45, 2.75) is 11.1 Å². The van der Waals surface area contributed by atoms with Crippen LogP contribution in [0.3, 0.4) is 0 Å². The molecular weight excluding hydrogens is 211 g/mol. The van der Waals surface area contributed by atoms with Crippen molar-refractivity contribution >= 4 is 12.6 Å². The van der Waals surface area contributed by atoms with Gasteiger partial charge in [-0.15, -0.1) is 12.6 Å². The summed E-state index contributed by atoms with van der Waals surface area (Å²) in [6, 6.07) is 1.02. The summed E-state index contributed by atoms with van der Waals surface area (Å²) in [4.78, 5) is -0.192. The highest BCUT2D eigenvalue weighted by Crippen LogP contribution is 2.34. The molecule has 0 aliphatic carbocycles. The highest BCUT2D eigenvalue weighted by atomic mass is 32.1. The number of alkyl halides is 3. The number of hydrogen-bond donors (Lipinski definition) is 1. The third kappa shape index (κ3) is 2.12. The molecule has 0 unspecified atom stereocenters. The van der Waals surface area contributed by atoms with Gasteiger partial charge in [0.2, 0.25) is 0 Å². The first kappa shape index (κ1) is 10.3. The SMILES string of the molecule is Fc1cc(S)cc(F)c1C(F)(F)F. The lowest BCUT2D eigenvalue weighted by molar-refractivity contribution is -0.142. The molecular formula is C7H3F5S. The predicted molar refractivity (Wildman–Crippen MR) is 38.6 cm³/mol. The molecule has 0 radical (unpaired) electrons. The summed E-state index contributed by atoms with van der Waals surface area (Å²) < 4.78 is 61.0. The molecule has 72 valence electrons. The Labute approximate surface area is 75.8 Å². The van der Waals surface area contributed by atoms with Crippen molar-refractivity contribution in [3.63, 3.8) is 0 Å². The van der Waals surface area contributed by atoms with Gasteiger partial charge in [-0.1, -0.05) is 0 Å². The Bertz CT molecular complexity index is 307. The fourth-order valence-corrected chi connectivity index (χ4v) is 1.06. The number of hydrogen-bond acceptors (Lipinski definition) is 1. The van der Waals surface area contributed by atoms with Crippen molar-refractivity contribution in [3.8, 4) is 0 Å². The average molecular weight is 214 g/mol. The van der Waals surface area contributed by atoms with E-state index in [2.05, 4.69) is 12.6 Å². The van der Waals surface area contributed by atoms with Crippen LogP contribution in [0.2, 0.25) is 0 Å². The second-order valence-corrected chi connectivity index (χ2v) is 2.80. The summed E-state index contributed by atoms with van der Waals surface area (Å²) >= 11 is 3.52. The number of halogens is 5. The minimum Gasteiger partial charge on any atom is -0.206 e. The molecule has 0 heterocycles. The quantitative estimate of drug-likeness (QED) is 0.497. The lowest BCUT2D eigenvalue weighted by Crippen LogP contribution is -2.11. The highest BCUT2D eigenvalue weighted by molar-refractivity contribution is 7.80. The van der Waals surface area contributed by atoms with Crippen LogP contribution in [0.4, 0.5) is 22.0 Å². The Kier molecular flexibility index (Phi) is 2.51. The van der Waals surface area contributed by atoms with Gasteiger partial charge in [0.25, 0.3) is 0 Å². The van der Waals surface area contributed by atoms with E-state index >= 15 is 0 Å². The Morgan fingerprint density at radius 3 is 1.69 bits per heavy atom. The zero-order valence-corrected chi connectivity index (χ0v) is 6.89. The fraction of sp³-hybridized carbons (Fsp3) is 0.143. The molecule has 6 heteroatoms. The molecule has 0 atom stereocenters. The molecule has 0 aliphatic rings. The molecule has 0 saturated carbocycles. The van der Waals surface area contributed by atoms with Crippen molar-refractivity contribution in [1.82, 2.24) is 0 Å². The topological polar surface area (TPSA) is 0 Å². The molecule has 0 bridgehead atoms. The van der Waals surface area contributed by atoms with Gasteiger partial charge in [0.05, 0.1) is 0 Å². The summed E-state index contributed by atoms with van der Waals surface area (Å²) in [6.07, 6.45) is -5.02. The molecule has 0 aromatic heterocycles. The van der Waals surface area contributed by atoms with Gasteiger partial charge in [0, 0.05) is 4.90 Å². The van der Waals surface area contributed by atoms with Crippen molar-refractivity contribution in [3.05, 3.63) is 29.3 Å². The normalized spacial score (nSPS) is 11.8. The molecule has 13 heavy (non-hydrogen) atoms. The predicted octanol–water partition coefficient (Wildman–Crippen LogP) is 3.27. The van der Waals surface area contributed by atoms with E-state index in [1.807, 2.05) is 0 Å². The summed E-state index contributed by atoms with van der Waals surface area (Å²) in [5, 5.41) is 0. The van der Waals surface area contributed by atoms with Gasteiger partial charge in [0.15, 0.2) is 0 Å². The lowest BCUT2D eigenvalue weighted by Gasteiger charge is -2.08. The zero-order valence-electron chi connectivity index (χ0n) is 5.99. The summed E-state index contributed by atoms with van der Waals surface area (Å²) in [5.74, 6) is -3.31. The maximum Gasteiger partial charge on any atom is 0.422 e. The molecule has 0 saturated heterocycles. The lowest BCUT2D eigenvalue weighted by atomic mass is 10.2. The first-order valence-electron chi connectivity index (χ1n) is 3.07. The van der Waals surface area contributed by atoms with Gasteiger partial charge in [0.1, 0.15) is 17.2 Å². The first-order valence-corrected chi connectivity index (χ1v) is 3.52. The van der Waals surface area contributed by atoms with Crippen molar-refractivity contribution < 1.29 is 22.0 Å². The second kappa shape index (κ2) is 3.17. The van der Waals surface area contributed by atoms with E-state index < -0.39 is 23.4 Å². The molecule has 0 aliphatic heterocycles. The van der Waals surface area contributed by atoms with Crippen molar-refractivity contribution in [2.24, 2.45) is 0 Å². The van der Waals surface area contributed by atoms with Crippen LogP contribution >= 0.6 is 12.6 Å². The Hall–Kier alpha value is -0.780. The molecule has 1 aromatic rings. The van der Waals surface area contributed by atoms with Crippen LogP contribution in [-0.4, -0.2) is 0 Å². The van der Waals surface area contributed by atoms with Crippen LogP contribution in [0.5, 0.6) is 0 Å². The van der Waals surface area contributed by atoms with Crippen LogP contribution in [0.25, 0.3) is 0 Å². The molecule has 0 spiro atoms. The molecule has 0 nitrogen and oxygen atoms in total. The van der Waals surface area contributed by atoms with Gasteiger partial charge < -0.3 is 0 Å². The standard InChI is InChI=1S/C7H3F5S/c8-4-1-3(13)2-5(9)6(4)7(10,11)12/h1-2,13H. The van der Waals surface area contributed by atoms with Crippen LogP contribution in [0, 0.1) is 11.6 Å². The first-order chi connectivity index (χ1) is 5.82. The Morgan fingerprint density at radius 2 is 1.38 bits per heavy atom. The van der Waals surface area contributed by atoms with Gasteiger partial charge in [-0.25, -0.2) is 8.78 Å². The van der Waals surface area contributed by atoms with E-state index in [0.29, 0.717) is 12.1 Å². The molecule has 0 N–H and O–H groups in total. The summed E-state index contributed by atoms with van der Waals surface area (Å²) in [7, 11) is 0. The van der Waals surface area contributed by atoms with Crippen molar-refractivity contribution in [2.75, 3.05) is 0 Å². The monoisotopic (exact) mass is 214 g/mol. The number of thiol groups is 1. The minimum atomic E-state index is -5.02. The van der Waals surface area contributed by atoms with E-state index in [9.17, 15) is 22.0 Å². The van der Waals surface area contributed by atoms with E-state index in [1.165, 1.54) is 0 Å². The van der Waals surface area contributed by atoms with Crippen LogP contribution in [-0.2, 0) is 6.18 Å². The average Bonchev–Trinajstić information content (AvgIpc) is 1.78. The van der Waals surface area contributed by atoms with Crippen molar-refractivity contribution in [1.29, 1.82) is 0 Å². The van der Waals surface area contributed by atoms with Crippen LogP contribution in [0.1, 0.15) is 5.56 Å². The van der Waals surface area contributed by atoms with Crippen LogP contribution < -0.4 is 0 Å². The third-order valence-electron chi connectivity index (χ3n) is 1.31. The minimum absolute atomic E-state index is 0.192. The number of rotatable bonds is 0. The zero-order chi connectivity index (χ0) is 10.2. The van der Waals surface area contributed by atoms with E-state index in [1.54, 1.807) is 0 Å². The maximum absolute atomic E-state index is 12.6. The van der Waals surface area contributed by atoms with E-state index in [4.69, 9.17) is 0 Å². The maximum atomic E-state index is 12.6. The number of benzene rings is 1. The van der Waals surface area contributed by atoms with E-state index in [0.717, 1.165) is 0 Å². The van der Waals surface area contributed by atoms with Gasteiger partial charge in [-0.2, -0.15) is 13.2 Å². The third-order valence-corrected chi connectivity index (χ3v) is 1.57. The van der Waals surface area contributed by atoms with Gasteiger partial charge in [-0.05, 0) is 12.1 Å². The van der Waals surface area contributed by atoms with Gasteiger partial charge >= 0.3 is 6.18 Å². The van der Waals surface area contributed by atoms with Gasteiger partial charge in [-0.3, -0.25) is 0 Å². The van der Waals surface area contributed by atoms with Crippen LogP contribution in [0.15, 0.2) is 17.0 Å². The van der Waals surface area contributed by atoms with E-state index in [-0.39, 0.29) is 4.90 Å². The Balaban J connectivity index is 3.38. The summed E-state index contributed by atoms with van der Waals surface area (Å²) in [6.45, 7) is 0. The molecule has 0 fully saturated rings. The molecule has 1 aromatic carbocycles. The fourth-order valence-electron chi connectivity index (χ4n) is 0.831. The molecule has 0 amide bonds. The highest BCUT2D eigenvalue weighted by Gasteiger charge is 2.37. The second-order valence-electron chi connectivity index (χ2n) is 2.28.